The molecule has 2 rings (SSSR count). The van der Waals surface area contributed by atoms with Crippen LogP contribution in [0.1, 0.15) is 0 Å². The number of nitrogen functional groups attached to an aromatic ring is 1. The zero-order valence-corrected chi connectivity index (χ0v) is 7.48. The number of aromatic nitrogens is 4. The van der Waals surface area contributed by atoms with Gasteiger partial charge in [0.2, 0.25) is 0 Å². The van der Waals surface area contributed by atoms with Gasteiger partial charge >= 0.3 is 0 Å². The van der Waals surface area contributed by atoms with E-state index in [1.807, 2.05) is 0 Å². The fourth-order valence-electron chi connectivity index (χ4n) is 1.12. The lowest BCUT2D eigenvalue weighted by molar-refractivity contribution is 0.633. The summed E-state index contributed by atoms with van der Waals surface area (Å²) in [6, 6.07) is 0. The van der Waals surface area contributed by atoms with Gasteiger partial charge in [0.1, 0.15) is 12.0 Å². The highest BCUT2D eigenvalue weighted by molar-refractivity contribution is 5.61. The summed E-state index contributed by atoms with van der Waals surface area (Å²) in [5, 5.41) is 3.92. The maximum Gasteiger partial charge on any atom is 0.192 e. The van der Waals surface area contributed by atoms with Crippen LogP contribution in [0.3, 0.4) is 0 Å². The standard InChI is InChI=1S/C8H8FN5/c1-14-8(10)6(9)7(13-14)5-2-11-4-12-3-5/h2-4H,10H2,1H3. The molecule has 0 bridgehead atoms. The fraction of sp³-hybridized carbons (Fsp3) is 0.125. The molecule has 6 heteroatoms. The molecule has 0 amide bonds. The van der Waals surface area contributed by atoms with Gasteiger partial charge in [-0.1, -0.05) is 0 Å². The molecule has 0 spiro atoms. The van der Waals surface area contributed by atoms with Crippen LogP contribution in [-0.2, 0) is 7.05 Å². The van der Waals surface area contributed by atoms with Crippen molar-refractivity contribution >= 4 is 5.82 Å². The zero-order valence-electron chi connectivity index (χ0n) is 7.48. The maximum atomic E-state index is 13.4. The average Bonchev–Trinajstić information content (AvgIpc) is 2.47. The molecule has 2 aromatic rings. The molecule has 0 saturated heterocycles. The minimum absolute atomic E-state index is 0.00357. The van der Waals surface area contributed by atoms with Gasteiger partial charge in [-0.15, -0.1) is 0 Å². The Kier molecular flexibility index (Phi) is 1.88. The van der Waals surface area contributed by atoms with Crippen molar-refractivity contribution in [3.8, 4) is 11.3 Å². The second-order valence-electron chi connectivity index (χ2n) is 2.80. The third kappa shape index (κ3) is 1.20. The van der Waals surface area contributed by atoms with Gasteiger partial charge in [0.15, 0.2) is 11.6 Å². The Morgan fingerprint density at radius 1 is 1.36 bits per heavy atom. The van der Waals surface area contributed by atoms with E-state index < -0.39 is 5.82 Å². The van der Waals surface area contributed by atoms with Crippen LogP contribution in [0.5, 0.6) is 0 Å². The van der Waals surface area contributed by atoms with Crippen LogP contribution in [0, 0.1) is 5.82 Å². The monoisotopic (exact) mass is 193 g/mol. The first-order valence-corrected chi connectivity index (χ1v) is 3.93. The minimum atomic E-state index is -0.540. The SMILES string of the molecule is Cn1nc(-c2cncnc2)c(F)c1N. The van der Waals surface area contributed by atoms with Gasteiger partial charge < -0.3 is 5.73 Å². The largest absolute Gasteiger partial charge is 0.381 e. The summed E-state index contributed by atoms with van der Waals surface area (Å²) in [6.07, 6.45) is 4.34. The first kappa shape index (κ1) is 8.61. The molecule has 72 valence electrons. The Balaban J connectivity index is 2.58. The Bertz CT molecular complexity index is 450. The Morgan fingerprint density at radius 2 is 2.00 bits per heavy atom. The Morgan fingerprint density at radius 3 is 2.50 bits per heavy atom. The molecule has 0 aliphatic heterocycles. The number of aryl methyl sites for hydroxylation is 1. The maximum absolute atomic E-state index is 13.4. The second-order valence-corrected chi connectivity index (χ2v) is 2.80. The first-order chi connectivity index (χ1) is 6.70. The van der Waals surface area contributed by atoms with Crippen molar-refractivity contribution in [1.29, 1.82) is 0 Å². The summed E-state index contributed by atoms with van der Waals surface area (Å²) in [7, 11) is 1.58. The van der Waals surface area contributed by atoms with Crippen molar-refractivity contribution in [3.63, 3.8) is 0 Å². The molecule has 5 nitrogen and oxygen atoms in total. The molecule has 2 heterocycles. The number of halogens is 1. The van der Waals surface area contributed by atoms with Crippen molar-refractivity contribution in [3.05, 3.63) is 24.5 Å². The molecular weight excluding hydrogens is 185 g/mol. The van der Waals surface area contributed by atoms with Crippen LogP contribution in [-0.4, -0.2) is 19.7 Å². The van der Waals surface area contributed by atoms with Crippen LogP contribution < -0.4 is 5.73 Å². The van der Waals surface area contributed by atoms with Gasteiger partial charge in [0.25, 0.3) is 0 Å². The van der Waals surface area contributed by atoms with Crippen molar-refractivity contribution in [2.24, 2.45) is 7.05 Å². The number of hydrogen-bond donors (Lipinski definition) is 1. The van der Waals surface area contributed by atoms with Gasteiger partial charge in [0, 0.05) is 25.0 Å². The van der Waals surface area contributed by atoms with Gasteiger partial charge in [-0.05, 0) is 0 Å². The van der Waals surface area contributed by atoms with E-state index in [1.165, 1.54) is 23.4 Å². The summed E-state index contributed by atoms with van der Waals surface area (Å²) < 4.78 is 14.7. The zero-order chi connectivity index (χ0) is 10.1. The molecule has 0 aliphatic carbocycles. The van der Waals surface area contributed by atoms with Crippen LogP contribution in [0.15, 0.2) is 18.7 Å². The fourth-order valence-corrected chi connectivity index (χ4v) is 1.12. The lowest BCUT2D eigenvalue weighted by Gasteiger charge is -1.92. The molecule has 0 aromatic carbocycles. The van der Waals surface area contributed by atoms with E-state index >= 15 is 0 Å². The summed E-state index contributed by atoms with van der Waals surface area (Å²) in [5.74, 6) is -0.536. The molecular formula is C8H8FN5. The molecule has 0 radical (unpaired) electrons. The van der Waals surface area contributed by atoms with Gasteiger partial charge in [-0.25, -0.2) is 19.0 Å². The third-order valence-corrected chi connectivity index (χ3v) is 1.87. The topological polar surface area (TPSA) is 69.6 Å². The summed E-state index contributed by atoms with van der Waals surface area (Å²) in [5.41, 5.74) is 6.11. The van der Waals surface area contributed by atoms with E-state index in [-0.39, 0.29) is 11.5 Å². The number of hydrogen-bond acceptors (Lipinski definition) is 4. The lowest BCUT2D eigenvalue weighted by atomic mass is 10.2. The predicted octanol–water partition coefficient (Wildman–Crippen LogP) is 0.598. The van der Waals surface area contributed by atoms with Crippen LogP contribution in [0.4, 0.5) is 10.2 Å². The van der Waals surface area contributed by atoms with Gasteiger partial charge in [-0.3, -0.25) is 0 Å². The van der Waals surface area contributed by atoms with Crippen molar-refractivity contribution < 1.29 is 4.39 Å². The molecule has 2 N–H and O–H groups in total. The first-order valence-electron chi connectivity index (χ1n) is 3.93. The highest BCUT2D eigenvalue weighted by Crippen LogP contribution is 2.22. The van der Waals surface area contributed by atoms with Crippen LogP contribution >= 0.6 is 0 Å². The van der Waals surface area contributed by atoms with Gasteiger partial charge in [-0.2, -0.15) is 5.10 Å². The minimum Gasteiger partial charge on any atom is -0.381 e. The van der Waals surface area contributed by atoms with Crippen molar-refractivity contribution in [2.45, 2.75) is 0 Å². The molecule has 0 atom stereocenters. The van der Waals surface area contributed by atoms with Crippen LogP contribution in [0.2, 0.25) is 0 Å². The molecule has 0 fully saturated rings. The summed E-state index contributed by atoms with van der Waals surface area (Å²) >= 11 is 0. The number of nitrogens with two attached hydrogens (primary N) is 1. The summed E-state index contributed by atoms with van der Waals surface area (Å²) in [6.45, 7) is 0. The number of rotatable bonds is 1. The Hall–Kier alpha value is -1.98. The smallest absolute Gasteiger partial charge is 0.192 e. The third-order valence-electron chi connectivity index (χ3n) is 1.87. The molecule has 14 heavy (non-hydrogen) atoms. The highest BCUT2D eigenvalue weighted by atomic mass is 19.1. The van der Waals surface area contributed by atoms with E-state index in [9.17, 15) is 4.39 Å². The predicted molar refractivity (Wildman–Crippen MR) is 48.6 cm³/mol. The quantitative estimate of drug-likeness (QED) is 0.719. The van der Waals surface area contributed by atoms with Crippen LogP contribution in [0.25, 0.3) is 11.3 Å². The second kappa shape index (κ2) is 3.06. The van der Waals surface area contributed by atoms with Gasteiger partial charge in [0.05, 0.1) is 0 Å². The number of nitrogens with zero attached hydrogens (tertiary/aromatic N) is 4. The number of anilines is 1. The highest BCUT2D eigenvalue weighted by Gasteiger charge is 2.15. The van der Waals surface area contributed by atoms with E-state index in [4.69, 9.17) is 5.73 Å². The van der Waals surface area contributed by atoms with E-state index in [2.05, 4.69) is 15.1 Å². The summed E-state index contributed by atoms with van der Waals surface area (Å²) in [4.78, 5) is 7.55. The molecule has 2 aromatic heterocycles. The lowest BCUT2D eigenvalue weighted by Crippen LogP contribution is -1.97. The van der Waals surface area contributed by atoms with Crippen molar-refractivity contribution in [2.75, 3.05) is 5.73 Å². The molecule has 0 saturated carbocycles. The normalized spacial score (nSPS) is 10.4. The van der Waals surface area contributed by atoms with E-state index in [0.29, 0.717) is 5.56 Å². The van der Waals surface area contributed by atoms with E-state index in [0.717, 1.165) is 0 Å². The van der Waals surface area contributed by atoms with Crippen molar-refractivity contribution in [1.82, 2.24) is 19.7 Å². The molecule has 0 unspecified atom stereocenters. The molecule has 0 aliphatic rings. The van der Waals surface area contributed by atoms with E-state index in [1.54, 1.807) is 7.05 Å². The average molecular weight is 193 g/mol. The Labute approximate surface area is 79.4 Å².